The van der Waals surface area contributed by atoms with Crippen molar-refractivity contribution in [2.45, 2.75) is 38.5 Å². The molecule has 0 heterocycles. The van der Waals surface area contributed by atoms with Crippen LogP contribution in [0.4, 0.5) is 0 Å². The van der Waals surface area contributed by atoms with E-state index in [-0.39, 0.29) is 5.91 Å². The van der Waals surface area contributed by atoms with Gasteiger partial charge in [-0.3, -0.25) is 10.2 Å². The molecule has 0 atom stereocenters. The highest BCUT2D eigenvalue weighted by Gasteiger charge is 2.41. The van der Waals surface area contributed by atoms with E-state index in [1.807, 2.05) is 0 Å². The van der Waals surface area contributed by atoms with E-state index < -0.39 is 5.41 Å². The minimum atomic E-state index is -0.629. The molecule has 0 aliphatic heterocycles. The quantitative estimate of drug-likeness (QED) is 0.444. The van der Waals surface area contributed by atoms with Crippen molar-refractivity contribution in [1.29, 1.82) is 0 Å². The van der Waals surface area contributed by atoms with Gasteiger partial charge in [-0.1, -0.05) is 37.9 Å². The normalized spacial score (nSPS) is 20.2. The van der Waals surface area contributed by atoms with Crippen molar-refractivity contribution in [3.63, 3.8) is 0 Å². The number of carbonyl (C=O) groups is 1. The molecule has 1 amide bonds. The van der Waals surface area contributed by atoms with Crippen LogP contribution < -0.4 is 11.2 Å². The van der Waals surface area contributed by atoms with E-state index in [0.29, 0.717) is 4.99 Å². The molecule has 0 aromatic heterocycles. The number of carbonyl (C=O) groups excluding carboxylic acids is 1. The summed E-state index contributed by atoms with van der Waals surface area (Å²) in [5.41, 5.74) is 7.96. The van der Waals surface area contributed by atoms with E-state index in [1.165, 1.54) is 12.8 Å². The minimum absolute atomic E-state index is 0.0492. The lowest BCUT2D eigenvalue weighted by molar-refractivity contribution is -0.132. The zero-order valence-corrected chi connectivity index (χ0v) is 10.9. The van der Waals surface area contributed by atoms with Crippen molar-refractivity contribution in [1.82, 2.24) is 10.4 Å². The smallest absolute Gasteiger partial charge is 0.247 e. The first-order valence-corrected chi connectivity index (χ1v) is 6.18. The summed E-state index contributed by atoms with van der Waals surface area (Å²) in [6.45, 7) is 0. The summed E-state index contributed by atoms with van der Waals surface area (Å²) in [7, 11) is 3.59. The Hall–Kier alpha value is -0.680. The monoisotopic (exact) mass is 243 g/mol. The highest BCUT2D eigenvalue weighted by Crippen LogP contribution is 2.35. The summed E-state index contributed by atoms with van der Waals surface area (Å²) >= 11 is 5.12. The summed E-state index contributed by atoms with van der Waals surface area (Å²) in [6.07, 6.45) is 5.94. The van der Waals surface area contributed by atoms with Crippen molar-refractivity contribution < 1.29 is 4.79 Å². The lowest BCUT2D eigenvalue weighted by atomic mass is 9.79. The van der Waals surface area contributed by atoms with Crippen LogP contribution in [0.5, 0.6) is 0 Å². The van der Waals surface area contributed by atoms with E-state index in [0.717, 1.165) is 25.7 Å². The molecule has 4 nitrogen and oxygen atoms in total. The van der Waals surface area contributed by atoms with Crippen LogP contribution in [0.1, 0.15) is 38.5 Å². The molecule has 1 fully saturated rings. The Labute approximate surface area is 103 Å². The average molecular weight is 243 g/mol. The molecule has 16 heavy (non-hydrogen) atoms. The molecule has 0 saturated heterocycles. The van der Waals surface area contributed by atoms with Gasteiger partial charge in [-0.15, -0.1) is 0 Å². The van der Waals surface area contributed by atoms with Crippen LogP contribution in [0, 0.1) is 5.41 Å². The van der Waals surface area contributed by atoms with Crippen molar-refractivity contribution in [3.05, 3.63) is 0 Å². The molecule has 92 valence electrons. The molecule has 1 saturated carbocycles. The second-order valence-corrected chi connectivity index (χ2v) is 5.14. The molecule has 0 bridgehead atoms. The van der Waals surface area contributed by atoms with E-state index in [1.54, 1.807) is 19.1 Å². The molecule has 1 aliphatic rings. The fraction of sp³-hybridized carbons (Fsp3) is 0.818. The van der Waals surface area contributed by atoms with Crippen molar-refractivity contribution in [3.8, 4) is 0 Å². The summed E-state index contributed by atoms with van der Waals surface area (Å²) in [5, 5.41) is 1.65. The van der Waals surface area contributed by atoms with Gasteiger partial charge in [0.05, 0.1) is 4.99 Å². The Bertz CT molecular complexity index is 270. The Balaban J connectivity index is 2.85. The third-order valence-corrected chi connectivity index (χ3v) is 3.58. The first-order chi connectivity index (χ1) is 7.49. The lowest BCUT2D eigenvalue weighted by Crippen LogP contribution is -2.52. The fourth-order valence-electron chi connectivity index (χ4n) is 2.23. The molecule has 3 N–H and O–H groups in total. The standard InChI is InChI=1S/C11H21N3OS/c1-14(2)13-10(15)11(9(12)16)7-5-3-4-6-8-11/h3-8H2,1-2H3,(H2,12,16)(H,13,15). The second-order valence-electron chi connectivity index (χ2n) is 4.70. The maximum absolute atomic E-state index is 12.2. The van der Waals surface area contributed by atoms with Crippen molar-refractivity contribution >= 4 is 23.1 Å². The number of nitrogens with one attached hydrogen (secondary N) is 1. The topological polar surface area (TPSA) is 58.4 Å². The van der Waals surface area contributed by atoms with Gasteiger partial charge in [-0.25, -0.2) is 5.01 Å². The molecule has 0 spiro atoms. The van der Waals surface area contributed by atoms with Gasteiger partial charge >= 0.3 is 0 Å². The van der Waals surface area contributed by atoms with E-state index in [2.05, 4.69) is 5.43 Å². The summed E-state index contributed by atoms with van der Waals surface area (Å²) < 4.78 is 0. The first-order valence-electron chi connectivity index (χ1n) is 5.77. The first kappa shape index (κ1) is 13.4. The third-order valence-electron chi connectivity index (χ3n) is 3.19. The number of amides is 1. The van der Waals surface area contributed by atoms with Gasteiger partial charge in [0.2, 0.25) is 5.91 Å². The lowest BCUT2D eigenvalue weighted by Gasteiger charge is -2.31. The van der Waals surface area contributed by atoms with Gasteiger partial charge in [-0.2, -0.15) is 0 Å². The Morgan fingerprint density at radius 2 is 1.75 bits per heavy atom. The van der Waals surface area contributed by atoms with Gasteiger partial charge in [0.1, 0.15) is 5.41 Å². The largest absolute Gasteiger partial charge is 0.392 e. The molecule has 0 aromatic rings. The molecular weight excluding hydrogens is 222 g/mol. The van der Waals surface area contributed by atoms with Crippen molar-refractivity contribution in [2.75, 3.05) is 14.1 Å². The van der Waals surface area contributed by atoms with Gasteiger partial charge in [0, 0.05) is 14.1 Å². The molecular formula is C11H21N3OS. The van der Waals surface area contributed by atoms with Gasteiger partial charge in [0.15, 0.2) is 0 Å². The highest BCUT2D eigenvalue weighted by molar-refractivity contribution is 7.80. The predicted octanol–water partition coefficient (Wildman–Crippen LogP) is 1.21. The molecule has 0 aromatic carbocycles. The second kappa shape index (κ2) is 5.59. The van der Waals surface area contributed by atoms with E-state index >= 15 is 0 Å². The highest BCUT2D eigenvalue weighted by atomic mass is 32.1. The maximum atomic E-state index is 12.2. The van der Waals surface area contributed by atoms with Gasteiger partial charge in [-0.05, 0) is 12.8 Å². The number of hydrazine groups is 1. The Kier molecular flexibility index (Phi) is 4.68. The molecule has 0 unspecified atom stereocenters. The minimum Gasteiger partial charge on any atom is -0.392 e. The zero-order valence-electron chi connectivity index (χ0n) is 10.1. The van der Waals surface area contributed by atoms with Crippen LogP contribution in [0.25, 0.3) is 0 Å². The SMILES string of the molecule is CN(C)NC(=O)C1(C(N)=S)CCCCCC1. The van der Waals surface area contributed by atoms with Crippen LogP contribution >= 0.6 is 12.2 Å². The number of rotatable bonds is 3. The zero-order chi connectivity index (χ0) is 12.2. The summed E-state index contributed by atoms with van der Waals surface area (Å²) in [4.78, 5) is 12.5. The number of nitrogens with two attached hydrogens (primary N) is 1. The summed E-state index contributed by atoms with van der Waals surface area (Å²) in [6, 6.07) is 0. The Morgan fingerprint density at radius 3 is 2.12 bits per heavy atom. The predicted molar refractivity (Wildman–Crippen MR) is 68.8 cm³/mol. The Morgan fingerprint density at radius 1 is 1.25 bits per heavy atom. The van der Waals surface area contributed by atoms with Crippen molar-refractivity contribution in [2.24, 2.45) is 11.1 Å². The van der Waals surface area contributed by atoms with Gasteiger partial charge < -0.3 is 5.73 Å². The number of hydrogen-bond acceptors (Lipinski definition) is 3. The van der Waals surface area contributed by atoms with E-state index in [4.69, 9.17) is 18.0 Å². The fourth-order valence-corrected chi connectivity index (χ4v) is 2.52. The maximum Gasteiger partial charge on any atom is 0.247 e. The van der Waals surface area contributed by atoms with Crippen LogP contribution in [0.15, 0.2) is 0 Å². The number of hydrogen-bond donors (Lipinski definition) is 2. The molecule has 1 aliphatic carbocycles. The van der Waals surface area contributed by atoms with Crippen LogP contribution in [0.3, 0.4) is 0 Å². The molecule has 5 heteroatoms. The number of nitrogens with zero attached hydrogens (tertiary/aromatic N) is 1. The van der Waals surface area contributed by atoms with Gasteiger partial charge in [0.25, 0.3) is 0 Å². The third kappa shape index (κ3) is 2.92. The average Bonchev–Trinajstić information content (AvgIpc) is 2.42. The van der Waals surface area contributed by atoms with Crippen LogP contribution in [-0.4, -0.2) is 30.0 Å². The van der Waals surface area contributed by atoms with Crippen LogP contribution in [-0.2, 0) is 4.79 Å². The number of thiocarbonyl (C=S) groups is 1. The van der Waals surface area contributed by atoms with E-state index in [9.17, 15) is 4.79 Å². The molecule has 1 rings (SSSR count). The summed E-state index contributed by atoms with van der Waals surface area (Å²) in [5.74, 6) is -0.0492. The van der Waals surface area contributed by atoms with Crippen LogP contribution in [0.2, 0.25) is 0 Å². The molecule has 0 radical (unpaired) electrons.